The first kappa shape index (κ1) is 26.7. The first-order chi connectivity index (χ1) is 19.7. The zero-order chi connectivity index (χ0) is 28.7. The molecular weight excluding hydrogens is 520 g/mol. The summed E-state index contributed by atoms with van der Waals surface area (Å²) in [5, 5.41) is 8.34. The van der Waals surface area contributed by atoms with Crippen LogP contribution in [-0.2, 0) is 12.1 Å². The Morgan fingerprint density at radius 1 is 1.07 bits per heavy atom. The molecule has 0 amide bonds. The number of nitrogens with one attached hydrogen (secondary N) is 1. The van der Waals surface area contributed by atoms with E-state index in [1.807, 2.05) is 45.2 Å². The summed E-state index contributed by atoms with van der Waals surface area (Å²) in [5.74, 6) is 3.79. The van der Waals surface area contributed by atoms with E-state index in [2.05, 4.69) is 22.4 Å². The average molecular weight is 555 g/mol. The molecule has 5 aromatic rings. The van der Waals surface area contributed by atoms with Crippen LogP contribution in [0.3, 0.4) is 0 Å². The number of anilines is 1. The molecule has 1 aliphatic carbocycles. The molecule has 1 aliphatic rings. The Bertz CT molecular complexity index is 1670. The SMILES string of the molecule is COc1ccc(CNc2nc(-c3ncco3)c(C)c3nc(C4CC(c5ccc(C(C)(C)N)cn5)C4)nn23)c(OC)c1. The Balaban J connectivity index is 1.28. The number of methoxy groups -OCH3 is 2. The highest BCUT2D eigenvalue weighted by atomic mass is 16.5. The van der Waals surface area contributed by atoms with E-state index in [-0.39, 0.29) is 5.92 Å². The van der Waals surface area contributed by atoms with Gasteiger partial charge < -0.3 is 24.9 Å². The molecule has 1 aromatic carbocycles. The van der Waals surface area contributed by atoms with Gasteiger partial charge in [-0.2, -0.15) is 4.52 Å². The number of nitrogens with zero attached hydrogens (tertiary/aromatic N) is 6. The Labute approximate surface area is 238 Å². The minimum atomic E-state index is -0.408. The van der Waals surface area contributed by atoms with Gasteiger partial charge in [-0.1, -0.05) is 6.07 Å². The van der Waals surface area contributed by atoms with Gasteiger partial charge in [-0.25, -0.2) is 15.0 Å². The number of hydrogen-bond acceptors (Lipinski definition) is 10. The van der Waals surface area contributed by atoms with Crippen LogP contribution in [-0.4, -0.2) is 43.8 Å². The molecule has 212 valence electrons. The fourth-order valence-electron chi connectivity index (χ4n) is 5.17. The van der Waals surface area contributed by atoms with E-state index in [1.165, 1.54) is 6.26 Å². The zero-order valence-electron chi connectivity index (χ0n) is 23.9. The van der Waals surface area contributed by atoms with Crippen molar-refractivity contribution in [2.24, 2.45) is 5.73 Å². The summed E-state index contributed by atoms with van der Waals surface area (Å²) >= 11 is 0. The fraction of sp³-hybridized carbons (Fsp3) is 0.367. The highest BCUT2D eigenvalue weighted by Gasteiger charge is 2.36. The van der Waals surface area contributed by atoms with Crippen molar-refractivity contribution in [1.29, 1.82) is 0 Å². The summed E-state index contributed by atoms with van der Waals surface area (Å²) in [6.45, 7) is 6.38. The molecule has 41 heavy (non-hydrogen) atoms. The van der Waals surface area contributed by atoms with Gasteiger partial charge in [0.15, 0.2) is 11.5 Å². The average Bonchev–Trinajstić information content (AvgIpc) is 3.63. The van der Waals surface area contributed by atoms with Crippen molar-refractivity contribution in [3.8, 4) is 23.1 Å². The Morgan fingerprint density at radius 2 is 1.90 bits per heavy atom. The van der Waals surface area contributed by atoms with Gasteiger partial charge in [0.25, 0.3) is 0 Å². The maximum atomic E-state index is 6.22. The lowest BCUT2D eigenvalue weighted by Crippen LogP contribution is -2.29. The van der Waals surface area contributed by atoms with Gasteiger partial charge in [0, 0.05) is 53.0 Å². The van der Waals surface area contributed by atoms with E-state index in [0.717, 1.165) is 46.8 Å². The maximum absolute atomic E-state index is 6.22. The number of nitrogens with two attached hydrogens (primary N) is 1. The smallest absolute Gasteiger partial charge is 0.245 e. The van der Waals surface area contributed by atoms with Gasteiger partial charge in [-0.05, 0) is 57.4 Å². The monoisotopic (exact) mass is 554 g/mol. The number of oxazole rings is 1. The predicted molar refractivity (Wildman–Crippen MR) is 154 cm³/mol. The molecule has 11 nitrogen and oxygen atoms in total. The van der Waals surface area contributed by atoms with Crippen molar-refractivity contribution in [2.75, 3.05) is 19.5 Å². The number of hydrogen-bond donors (Lipinski definition) is 2. The maximum Gasteiger partial charge on any atom is 0.245 e. The van der Waals surface area contributed by atoms with Crippen molar-refractivity contribution in [2.45, 2.75) is 57.5 Å². The van der Waals surface area contributed by atoms with Crippen LogP contribution in [0.4, 0.5) is 5.95 Å². The molecular formula is C30H34N8O3. The lowest BCUT2D eigenvalue weighted by molar-refractivity contribution is 0.332. The van der Waals surface area contributed by atoms with Crippen molar-refractivity contribution >= 4 is 11.6 Å². The minimum absolute atomic E-state index is 0.228. The third-order valence-corrected chi connectivity index (χ3v) is 7.75. The molecule has 0 unspecified atom stereocenters. The molecule has 0 bridgehead atoms. The molecule has 0 radical (unpaired) electrons. The topological polar surface area (TPSA) is 139 Å². The van der Waals surface area contributed by atoms with Crippen LogP contribution >= 0.6 is 0 Å². The molecule has 0 spiro atoms. The highest BCUT2D eigenvalue weighted by Crippen LogP contribution is 2.46. The van der Waals surface area contributed by atoms with Gasteiger partial charge in [0.05, 0.1) is 20.4 Å². The zero-order valence-corrected chi connectivity index (χ0v) is 23.9. The van der Waals surface area contributed by atoms with Gasteiger partial charge >= 0.3 is 0 Å². The molecule has 6 rings (SSSR count). The van der Waals surface area contributed by atoms with Crippen LogP contribution in [0.25, 0.3) is 17.2 Å². The van der Waals surface area contributed by atoms with Gasteiger partial charge in [0.1, 0.15) is 23.5 Å². The van der Waals surface area contributed by atoms with Crippen LogP contribution in [0.5, 0.6) is 11.5 Å². The van der Waals surface area contributed by atoms with E-state index in [1.54, 1.807) is 24.9 Å². The van der Waals surface area contributed by atoms with Crippen molar-refractivity contribution in [1.82, 2.24) is 29.5 Å². The second kappa shape index (κ2) is 10.5. The number of benzene rings is 1. The summed E-state index contributed by atoms with van der Waals surface area (Å²) in [6.07, 6.45) is 6.89. The van der Waals surface area contributed by atoms with Crippen LogP contribution in [0.15, 0.2) is 53.4 Å². The molecule has 1 fully saturated rings. The van der Waals surface area contributed by atoms with Crippen LogP contribution in [0.1, 0.15) is 66.7 Å². The van der Waals surface area contributed by atoms with E-state index in [4.69, 9.17) is 39.7 Å². The highest BCUT2D eigenvalue weighted by molar-refractivity contribution is 5.66. The molecule has 1 saturated carbocycles. The number of rotatable bonds is 9. The molecule has 3 N–H and O–H groups in total. The molecule has 4 aromatic heterocycles. The Kier molecular flexibility index (Phi) is 6.82. The van der Waals surface area contributed by atoms with Crippen molar-refractivity contribution in [3.05, 3.63) is 77.2 Å². The number of pyridine rings is 1. The standard InChI is InChI=1S/C30H34N8O3/c1-17-25(28-32-10-11-41-28)35-29(34-15-18-6-8-22(39-4)14-24(18)40-5)38-27(17)36-26(37-38)20-12-19(13-20)23-9-7-21(16-33-23)30(2,3)31/h6-11,14,16,19-20H,12-13,15,31H2,1-5H3,(H,34,35). The fourth-order valence-corrected chi connectivity index (χ4v) is 5.17. The summed E-state index contributed by atoms with van der Waals surface area (Å²) < 4.78 is 18.3. The number of aromatic nitrogens is 6. The molecule has 0 aliphatic heterocycles. The second-order valence-corrected chi connectivity index (χ2v) is 11.0. The summed E-state index contributed by atoms with van der Waals surface area (Å²) in [4.78, 5) is 18.9. The lowest BCUT2D eigenvalue weighted by atomic mass is 9.72. The first-order valence-corrected chi connectivity index (χ1v) is 13.6. The second-order valence-electron chi connectivity index (χ2n) is 11.0. The van der Waals surface area contributed by atoms with Crippen LogP contribution in [0.2, 0.25) is 0 Å². The van der Waals surface area contributed by atoms with E-state index < -0.39 is 5.54 Å². The molecule has 4 heterocycles. The van der Waals surface area contributed by atoms with Crippen LogP contribution in [0, 0.1) is 6.92 Å². The molecule has 11 heteroatoms. The Morgan fingerprint density at radius 3 is 2.56 bits per heavy atom. The number of aryl methyl sites for hydroxylation is 1. The van der Waals surface area contributed by atoms with E-state index in [9.17, 15) is 0 Å². The number of ether oxygens (including phenoxy) is 2. The minimum Gasteiger partial charge on any atom is -0.497 e. The normalized spacial score (nSPS) is 16.9. The third-order valence-electron chi connectivity index (χ3n) is 7.75. The first-order valence-electron chi connectivity index (χ1n) is 13.6. The molecule has 0 saturated heterocycles. The number of fused-ring (bicyclic) bond motifs is 1. The summed E-state index contributed by atoms with van der Waals surface area (Å²) in [5.41, 5.74) is 11.0. The van der Waals surface area contributed by atoms with Crippen molar-refractivity contribution in [3.63, 3.8) is 0 Å². The summed E-state index contributed by atoms with van der Waals surface area (Å²) in [7, 11) is 3.27. The van der Waals surface area contributed by atoms with E-state index >= 15 is 0 Å². The summed E-state index contributed by atoms with van der Waals surface area (Å²) in [6, 6.07) is 9.88. The lowest BCUT2D eigenvalue weighted by Gasteiger charge is -2.33. The van der Waals surface area contributed by atoms with Crippen LogP contribution < -0.4 is 20.5 Å². The van der Waals surface area contributed by atoms with Gasteiger partial charge in [-0.15, -0.1) is 5.10 Å². The quantitative estimate of drug-likeness (QED) is 0.257. The van der Waals surface area contributed by atoms with Gasteiger partial charge in [0.2, 0.25) is 11.8 Å². The van der Waals surface area contributed by atoms with E-state index in [0.29, 0.717) is 41.4 Å². The Hall–Kier alpha value is -4.51. The van der Waals surface area contributed by atoms with Gasteiger partial charge in [-0.3, -0.25) is 4.98 Å². The largest absolute Gasteiger partial charge is 0.497 e. The molecule has 0 atom stereocenters. The predicted octanol–water partition coefficient (Wildman–Crippen LogP) is 4.97. The van der Waals surface area contributed by atoms with Crippen molar-refractivity contribution < 1.29 is 13.9 Å². The third kappa shape index (κ3) is 5.08.